The van der Waals surface area contributed by atoms with E-state index in [-0.39, 0.29) is 5.91 Å². The average molecular weight is 357 g/mol. The largest absolute Gasteiger partial charge is 0.497 e. The third-order valence-electron chi connectivity index (χ3n) is 3.71. The molecule has 0 unspecified atom stereocenters. The molecule has 130 valence electrons. The first-order chi connectivity index (χ1) is 12.2. The third-order valence-corrected chi connectivity index (χ3v) is 4.39. The molecule has 0 bridgehead atoms. The van der Waals surface area contributed by atoms with Gasteiger partial charge in [0.2, 0.25) is 17.6 Å². The molecule has 0 aliphatic carbocycles. The number of nitrogens with zero attached hydrogens (tertiary/aromatic N) is 2. The van der Waals surface area contributed by atoms with Crippen molar-refractivity contribution in [1.29, 1.82) is 0 Å². The zero-order valence-corrected chi connectivity index (χ0v) is 14.7. The summed E-state index contributed by atoms with van der Waals surface area (Å²) >= 11 is 1.58. The molecule has 0 atom stereocenters. The van der Waals surface area contributed by atoms with Crippen LogP contribution in [0.5, 0.6) is 5.75 Å². The van der Waals surface area contributed by atoms with Crippen molar-refractivity contribution in [2.24, 2.45) is 0 Å². The van der Waals surface area contributed by atoms with E-state index >= 15 is 0 Å². The molecule has 7 heteroatoms. The van der Waals surface area contributed by atoms with Crippen molar-refractivity contribution in [1.82, 2.24) is 15.5 Å². The molecule has 0 aliphatic rings. The van der Waals surface area contributed by atoms with Gasteiger partial charge in [-0.25, -0.2) is 0 Å². The molecule has 0 spiro atoms. The van der Waals surface area contributed by atoms with Crippen molar-refractivity contribution in [2.45, 2.75) is 19.3 Å². The van der Waals surface area contributed by atoms with E-state index in [0.29, 0.717) is 31.1 Å². The average Bonchev–Trinajstić information content (AvgIpc) is 3.32. The number of carbonyl (C=O) groups excluding carboxylic acids is 1. The van der Waals surface area contributed by atoms with Gasteiger partial charge in [-0.1, -0.05) is 17.3 Å². The normalized spacial score (nSPS) is 10.6. The molecule has 2 heterocycles. The molecule has 1 N–H and O–H groups in total. The zero-order chi connectivity index (χ0) is 17.5. The summed E-state index contributed by atoms with van der Waals surface area (Å²) in [4.78, 5) is 16.2. The number of rotatable bonds is 8. The summed E-state index contributed by atoms with van der Waals surface area (Å²) in [5.74, 6) is 1.85. The Morgan fingerprint density at radius 1 is 1.24 bits per heavy atom. The van der Waals surface area contributed by atoms with Crippen LogP contribution in [0.1, 0.15) is 17.9 Å². The molecule has 0 aliphatic heterocycles. The third kappa shape index (κ3) is 4.90. The highest BCUT2D eigenvalue weighted by Crippen LogP contribution is 2.19. The van der Waals surface area contributed by atoms with Gasteiger partial charge in [-0.3, -0.25) is 4.79 Å². The highest BCUT2D eigenvalue weighted by molar-refractivity contribution is 7.08. The Bertz CT molecular complexity index is 797. The van der Waals surface area contributed by atoms with Crippen LogP contribution in [0.2, 0.25) is 0 Å². The van der Waals surface area contributed by atoms with E-state index in [1.165, 1.54) is 0 Å². The van der Waals surface area contributed by atoms with Gasteiger partial charge in [-0.2, -0.15) is 16.3 Å². The number of methoxy groups -OCH3 is 1. The van der Waals surface area contributed by atoms with Gasteiger partial charge in [0.1, 0.15) is 5.75 Å². The van der Waals surface area contributed by atoms with Gasteiger partial charge in [0, 0.05) is 30.3 Å². The Labute approximate surface area is 149 Å². The van der Waals surface area contributed by atoms with Crippen LogP contribution in [0.15, 0.2) is 45.6 Å². The van der Waals surface area contributed by atoms with Gasteiger partial charge < -0.3 is 14.6 Å². The van der Waals surface area contributed by atoms with E-state index in [2.05, 4.69) is 15.5 Å². The smallest absolute Gasteiger partial charge is 0.227 e. The van der Waals surface area contributed by atoms with Crippen molar-refractivity contribution in [3.63, 3.8) is 0 Å². The minimum Gasteiger partial charge on any atom is -0.497 e. The molecular formula is C18H19N3O3S. The molecular weight excluding hydrogens is 338 g/mol. The number of hydrogen-bond donors (Lipinski definition) is 1. The van der Waals surface area contributed by atoms with Crippen molar-refractivity contribution in [2.75, 3.05) is 13.7 Å². The number of amides is 1. The number of ether oxygens (including phenoxy) is 1. The summed E-state index contributed by atoms with van der Waals surface area (Å²) in [6.45, 7) is 0.592. The lowest BCUT2D eigenvalue weighted by Gasteiger charge is -2.05. The lowest BCUT2D eigenvalue weighted by molar-refractivity contribution is -0.121. The van der Waals surface area contributed by atoms with Crippen LogP contribution >= 0.6 is 11.3 Å². The van der Waals surface area contributed by atoms with Gasteiger partial charge in [0.05, 0.1) is 7.11 Å². The van der Waals surface area contributed by atoms with E-state index in [4.69, 9.17) is 9.26 Å². The summed E-state index contributed by atoms with van der Waals surface area (Å²) < 4.78 is 10.3. The fourth-order valence-electron chi connectivity index (χ4n) is 2.31. The highest BCUT2D eigenvalue weighted by Gasteiger charge is 2.10. The second-order valence-corrected chi connectivity index (χ2v) is 6.25. The maximum absolute atomic E-state index is 11.9. The van der Waals surface area contributed by atoms with Gasteiger partial charge in [0.15, 0.2) is 0 Å². The summed E-state index contributed by atoms with van der Waals surface area (Å²) in [6, 6.07) is 9.76. The molecule has 0 saturated carbocycles. The van der Waals surface area contributed by atoms with E-state index in [1.807, 2.05) is 41.1 Å². The standard InChI is InChI=1S/C18H19N3O3S/c1-23-15-4-2-13(3-5-15)8-10-19-16(22)6-7-17-20-18(21-24-17)14-9-11-25-12-14/h2-5,9,11-12H,6-8,10H2,1H3,(H,19,22). The van der Waals surface area contributed by atoms with Gasteiger partial charge >= 0.3 is 0 Å². The minimum atomic E-state index is -0.0243. The van der Waals surface area contributed by atoms with Crippen LogP contribution < -0.4 is 10.1 Å². The van der Waals surface area contributed by atoms with Crippen LogP contribution in [0.3, 0.4) is 0 Å². The number of nitrogens with one attached hydrogen (secondary N) is 1. The first-order valence-corrected chi connectivity index (χ1v) is 8.93. The Morgan fingerprint density at radius 3 is 2.80 bits per heavy atom. The van der Waals surface area contributed by atoms with Crippen LogP contribution in [0.4, 0.5) is 0 Å². The van der Waals surface area contributed by atoms with E-state index in [0.717, 1.165) is 23.3 Å². The molecule has 25 heavy (non-hydrogen) atoms. The number of hydrogen-bond acceptors (Lipinski definition) is 6. The maximum Gasteiger partial charge on any atom is 0.227 e. The lowest BCUT2D eigenvalue weighted by Crippen LogP contribution is -2.25. The highest BCUT2D eigenvalue weighted by atomic mass is 32.1. The molecule has 0 radical (unpaired) electrons. The summed E-state index contributed by atoms with van der Waals surface area (Å²) in [5, 5.41) is 10.8. The van der Waals surface area contributed by atoms with Crippen molar-refractivity contribution in [3.05, 3.63) is 52.5 Å². The van der Waals surface area contributed by atoms with Crippen molar-refractivity contribution < 1.29 is 14.1 Å². The van der Waals surface area contributed by atoms with Crippen LogP contribution in [-0.4, -0.2) is 29.7 Å². The first-order valence-electron chi connectivity index (χ1n) is 7.99. The van der Waals surface area contributed by atoms with Gasteiger partial charge in [-0.05, 0) is 35.6 Å². The Morgan fingerprint density at radius 2 is 2.08 bits per heavy atom. The van der Waals surface area contributed by atoms with Crippen molar-refractivity contribution in [3.8, 4) is 17.1 Å². The van der Waals surface area contributed by atoms with E-state index < -0.39 is 0 Å². The predicted molar refractivity (Wildman–Crippen MR) is 95.6 cm³/mol. The van der Waals surface area contributed by atoms with Gasteiger partial charge in [0.25, 0.3) is 0 Å². The Kier molecular flexibility index (Phi) is 5.79. The van der Waals surface area contributed by atoms with E-state index in [9.17, 15) is 4.79 Å². The Balaban J connectivity index is 1.39. The molecule has 1 aromatic carbocycles. The molecule has 6 nitrogen and oxygen atoms in total. The van der Waals surface area contributed by atoms with E-state index in [1.54, 1.807) is 18.4 Å². The first kappa shape index (κ1) is 17.2. The summed E-state index contributed by atoms with van der Waals surface area (Å²) in [5.41, 5.74) is 2.09. The maximum atomic E-state index is 11.9. The van der Waals surface area contributed by atoms with Gasteiger partial charge in [-0.15, -0.1) is 0 Å². The summed E-state index contributed by atoms with van der Waals surface area (Å²) in [7, 11) is 1.64. The number of carbonyl (C=O) groups is 1. The second-order valence-electron chi connectivity index (χ2n) is 5.47. The molecule has 2 aromatic heterocycles. The fourth-order valence-corrected chi connectivity index (χ4v) is 2.95. The predicted octanol–water partition coefficient (Wildman–Crippen LogP) is 3.10. The summed E-state index contributed by atoms with van der Waals surface area (Å²) in [6.07, 6.45) is 1.54. The van der Waals surface area contributed by atoms with Crippen molar-refractivity contribution >= 4 is 17.2 Å². The lowest BCUT2D eigenvalue weighted by atomic mass is 10.1. The monoisotopic (exact) mass is 357 g/mol. The molecule has 3 rings (SSSR count). The number of benzene rings is 1. The van der Waals surface area contributed by atoms with Crippen LogP contribution in [0, 0.1) is 0 Å². The van der Waals surface area contributed by atoms with Crippen LogP contribution in [0.25, 0.3) is 11.4 Å². The molecule has 1 amide bonds. The topological polar surface area (TPSA) is 77.2 Å². The number of aromatic nitrogens is 2. The quantitative estimate of drug-likeness (QED) is 0.670. The Hall–Kier alpha value is -2.67. The molecule has 0 saturated heterocycles. The molecule has 0 fully saturated rings. The molecule has 3 aromatic rings. The fraction of sp³-hybridized carbons (Fsp3) is 0.278. The SMILES string of the molecule is COc1ccc(CCNC(=O)CCc2nc(-c3ccsc3)no2)cc1. The second kappa shape index (κ2) is 8.43. The minimum absolute atomic E-state index is 0.0243. The van der Waals surface area contributed by atoms with Crippen LogP contribution in [-0.2, 0) is 17.6 Å². The zero-order valence-electron chi connectivity index (χ0n) is 13.9. The number of thiophene rings is 1. The number of aryl methyl sites for hydroxylation is 1.